The summed E-state index contributed by atoms with van der Waals surface area (Å²) >= 11 is 1.35. The molecule has 0 saturated carbocycles. The van der Waals surface area contributed by atoms with Crippen molar-refractivity contribution in [2.45, 2.75) is 6.54 Å². The fourth-order valence-electron chi connectivity index (χ4n) is 2.84. The summed E-state index contributed by atoms with van der Waals surface area (Å²) in [5.41, 5.74) is 2.53. The van der Waals surface area contributed by atoms with E-state index in [0.29, 0.717) is 16.3 Å². The third-order valence-corrected chi connectivity index (χ3v) is 5.22. The molecule has 8 heteroatoms. The standard InChI is InChI=1S/C21H16F2N4OS/c1-26(11-14-7-8-17(22)18(23)9-14)21(28)19-13-29-20(25-19)15-10-24-27(12-15)16-5-3-2-4-6-16/h2-10,12-13H,11H2,1H3. The molecule has 0 saturated heterocycles. The highest BCUT2D eigenvalue weighted by Crippen LogP contribution is 2.25. The minimum Gasteiger partial charge on any atom is -0.336 e. The van der Waals surface area contributed by atoms with Crippen LogP contribution in [0.15, 0.2) is 66.3 Å². The lowest BCUT2D eigenvalue weighted by Crippen LogP contribution is -2.26. The van der Waals surface area contributed by atoms with E-state index in [1.54, 1.807) is 23.3 Å². The number of halogens is 2. The zero-order chi connectivity index (χ0) is 20.4. The molecule has 2 heterocycles. The summed E-state index contributed by atoms with van der Waals surface area (Å²) in [5.74, 6) is -2.15. The molecule has 0 spiro atoms. The van der Waals surface area contributed by atoms with Crippen molar-refractivity contribution in [2.75, 3.05) is 7.05 Å². The number of hydrogen-bond donors (Lipinski definition) is 0. The molecule has 0 N–H and O–H groups in total. The van der Waals surface area contributed by atoms with Crippen molar-refractivity contribution < 1.29 is 13.6 Å². The van der Waals surface area contributed by atoms with E-state index in [4.69, 9.17) is 0 Å². The molecular weight excluding hydrogens is 394 g/mol. The summed E-state index contributed by atoms with van der Waals surface area (Å²) in [7, 11) is 1.59. The van der Waals surface area contributed by atoms with Gasteiger partial charge >= 0.3 is 0 Å². The molecule has 2 aromatic carbocycles. The Morgan fingerprint density at radius 3 is 2.69 bits per heavy atom. The molecule has 0 aliphatic heterocycles. The molecule has 0 aliphatic rings. The SMILES string of the molecule is CN(Cc1ccc(F)c(F)c1)C(=O)c1csc(-c2cnn(-c3ccccc3)c2)n1. The summed E-state index contributed by atoms with van der Waals surface area (Å²) in [6, 6.07) is 13.3. The van der Waals surface area contributed by atoms with Crippen molar-refractivity contribution >= 4 is 17.2 Å². The number of nitrogens with zero attached hydrogens (tertiary/aromatic N) is 4. The Morgan fingerprint density at radius 2 is 1.93 bits per heavy atom. The van der Waals surface area contributed by atoms with Crippen LogP contribution in [0.5, 0.6) is 0 Å². The molecule has 0 aliphatic carbocycles. The number of amides is 1. The topological polar surface area (TPSA) is 51.0 Å². The van der Waals surface area contributed by atoms with Crippen molar-refractivity contribution in [2.24, 2.45) is 0 Å². The van der Waals surface area contributed by atoms with Crippen LogP contribution in [0.4, 0.5) is 8.78 Å². The van der Waals surface area contributed by atoms with E-state index in [2.05, 4.69) is 10.1 Å². The number of carbonyl (C=O) groups excluding carboxylic acids is 1. The Balaban J connectivity index is 1.49. The van der Waals surface area contributed by atoms with Crippen LogP contribution in [-0.2, 0) is 6.54 Å². The van der Waals surface area contributed by atoms with Crippen LogP contribution in [0.3, 0.4) is 0 Å². The molecule has 0 unspecified atom stereocenters. The van der Waals surface area contributed by atoms with Crippen molar-refractivity contribution in [3.63, 3.8) is 0 Å². The van der Waals surface area contributed by atoms with Gasteiger partial charge in [0.1, 0.15) is 10.7 Å². The van der Waals surface area contributed by atoms with Gasteiger partial charge in [0, 0.05) is 30.7 Å². The molecule has 0 fully saturated rings. The van der Waals surface area contributed by atoms with Gasteiger partial charge in [-0.2, -0.15) is 5.10 Å². The van der Waals surface area contributed by atoms with Gasteiger partial charge in [0.05, 0.1) is 11.9 Å². The number of carbonyl (C=O) groups is 1. The average Bonchev–Trinajstić information content (AvgIpc) is 3.40. The van der Waals surface area contributed by atoms with Crippen LogP contribution in [0.1, 0.15) is 16.1 Å². The molecule has 146 valence electrons. The second kappa shape index (κ2) is 7.92. The zero-order valence-corrected chi connectivity index (χ0v) is 16.2. The van der Waals surface area contributed by atoms with Gasteiger partial charge in [-0.05, 0) is 29.8 Å². The van der Waals surface area contributed by atoms with E-state index >= 15 is 0 Å². The first-order valence-electron chi connectivity index (χ1n) is 8.76. The molecule has 0 radical (unpaired) electrons. The molecule has 4 aromatic rings. The smallest absolute Gasteiger partial charge is 0.273 e. The summed E-state index contributed by atoms with van der Waals surface area (Å²) in [5, 5.41) is 6.70. The zero-order valence-electron chi connectivity index (χ0n) is 15.4. The molecule has 0 atom stereocenters. The first kappa shape index (κ1) is 18.9. The predicted octanol–water partition coefficient (Wildman–Crippen LogP) is 4.55. The van der Waals surface area contributed by atoms with Gasteiger partial charge in [-0.15, -0.1) is 11.3 Å². The quantitative estimate of drug-likeness (QED) is 0.485. The minimum absolute atomic E-state index is 0.148. The van der Waals surface area contributed by atoms with Crippen LogP contribution >= 0.6 is 11.3 Å². The van der Waals surface area contributed by atoms with Crippen molar-refractivity contribution in [1.29, 1.82) is 0 Å². The summed E-state index contributed by atoms with van der Waals surface area (Å²) in [4.78, 5) is 18.5. The van der Waals surface area contributed by atoms with Crippen molar-refractivity contribution in [3.05, 3.63) is 89.2 Å². The van der Waals surface area contributed by atoms with Gasteiger partial charge in [0.25, 0.3) is 5.91 Å². The van der Waals surface area contributed by atoms with E-state index in [9.17, 15) is 13.6 Å². The van der Waals surface area contributed by atoms with Crippen LogP contribution < -0.4 is 0 Å². The van der Waals surface area contributed by atoms with Crippen LogP contribution in [0.2, 0.25) is 0 Å². The largest absolute Gasteiger partial charge is 0.336 e. The van der Waals surface area contributed by atoms with Gasteiger partial charge in [-0.25, -0.2) is 18.4 Å². The number of aromatic nitrogens is 3. The first-order valence-corrected chi connectivity index (χ1v) is 9.64. The van der Waals surface area contributed by atoms with E-state index in [0.717, 1.165) is 23.4 Å². The maximum absolute atomic E-state index is 13.4. The van der Waals surface area contributed by atoms with Crippen molar-refractivity contribution in [3.8, 4) is 16.3 Å². The Morgan fingerprint density at radius 1 is 1.14 bits per heavy atom. The molecule has 2 aromatic heterocycles. The normalized spacial score (nSPS) is 10.9. The molecular formula is C21H16F2N4OS. The Labute approximate surface area is 169 Å². The number of hydrogen-bond acceptors (Lipinski definition) is 4. The van der Waals surface area contributed by atoms with E-state index in [1.165, 1.54) is 22.3 Å². The third kappa shape index (κ3) is 4.07. The van der Waals surface area contributed by atoms with Gasteiger partial charge in [0.15, 0.2) is 11.6 Å². The van der Waals surface area contributed by atoms with E-state index < -0.39 is 11.6 Å². The summed E-state index contributed by atoms with van der Waals surface area (Å²) in [6.07, 6.45) is 3.55. The maximum Gasteiger partial charge on any atom is 0.273 e. The fraction of sp³-hybridized carbons (Fsp3) is 0.0952. The highest BCUT2D eigenvalue weighted by molar-refractivity contribution is 7.13. The average molecular weight is 410 g/mol. The lowest BCUT2D eigenvalue weighted by atomic mass is 10.2. The monoisotopic (exact) mass is 410 g/mol. The number of benzene rings is 2. The maximum atomic E-state index is 13.4. The second-order valence-electron chi connectivity index (χ2n) is 6.46. The third-order valence-electron chi connectivity index (χ3n) is 4.32. The number of para-hydroxylation sites is 1. The summed E-state index contributed by atoms with van der Waals surface area (Å²) in [6.45, 7) is 0.148. The molecule has 5 nitrogen and oxygen atoms in total. The predicted molar refractivity (Wildman–Crippen MR) is 107 cm³/mol. The Hall–Kier alpha value is -3.39. The highest BCUT2D eigenvalue weighted by atomic mass is 32.1. The molecule has 4 rings (SSSR count). The lowest BCUT2D eigenvalue weighted by Gasteiger charge is -2.16. The number of rotatable bonds is 5. The van der Waals surface area contributed by atoms with Crippen LogP contribution in [0.25, 0.3) is 16.3 Å². The summed E-state index contributed by atoms with van der Waals surface area (Å²) < 4.78 is 28.2. The van der Waals surface area contributed by atoms with Gasteiger partial charge < -0.3 is 4.90 Å². The Kier molecular flexibility index (Phi) is 5.18. The molecule has 1 amide bonds. The minimum atomic E-state index is -0.935. The molecule has 0 bridgehead atoms. The Bertz CT molecular complexity index is 1160. The van der Waals surface area contributed by atoms with Crippen molar-refractivity contribution in [1.82, 2.24) is 19.7 Å². The molecule has 29 heavy (non-hydrogen) atoms. The number of thiazole rings is 1. The van der Waals surface area contributed by atoms with Gasteiger partial charge in [-0.1, -0.05) is 24.3 Å². The second-order valence-corrected chi connectivity index (χ2v) is 7.31. The van der Waals surface area contributed by atoms with E-state index in [1.807, 2.05) is 36.5 Å². The van der Waals surface area contributed by atoms with Gasteiger partial charge in [0.2, 0.25) is 0 Å². The first-order chi connectivity index (χ1) is 14.0. The van der Waals surface area contributed by atoms with Crippen LogP contribution in [-0.4, -0.2) is 32.6 Å². The van der Waals surface area contributed by atoms with Crippen LogP contribution in [0, 0.1) is 11.6 Å². The highest BCUT2D eigenvalue weighted by Gasteiger charge is 2.18. The van der Waals surface area contributed by atoms with E-state index in [-0.39, 0.29) is 12.5 Å². The fourth-order valence-corrected chi connectivity index (χ4v) is 3.61. The lowest BCUT2D eigenvalue weighted by molar-refractivity contribution is 0.0780. The van der Waals surface area contributed by atoms with Gasteiger partial charge in [-0.3, -0.25) is 4.79 Å².